The van der Waals surface area contributed by atoms with Gasteiger partial charge in [-0.25, -0.2) is 5.01 Å². The number of pyridine rings is 1. The molecular formula is C20H15ClN4S. The number of hydrogen-bond acceptors (Lipinski definition) is 3. The molecule has 1 N–H and O–H groups in total. The van der Waals surface area contributed by atoms with E-state index in [4.69, 9.17) is 28.9 Å². The van der Waals surface area contributed by atoms with Gasteiger partial charge >= 0.3 is 0 Å². The Bertz CT molecular complexity index is 971. The number of hydrazone groups is 1. The first-order chi connectivity index (χ1) is 12.7. The lowest BCUT2D eigenvalue weighted by Crippen LogP contribution is -2.29. The normalized spacial score (nSPS) is 13.5. The number of nitrogens with zero attached hydrogens (tertiary/aromatic N) is 3. The average Bonchev–Trinajstić information content (AvgIpc) is 2.80. The van der Waals surface area contributed by atoms with Crippen molar-refractivity contribution in [2.75, 3.05) is 5.32 Å². The van der Waals surface area contributed by atoms with Crippen LogP contribution in [0.4, 0.5) is 5.69 Å². The van der Waals surface area contributed by atoms with Gasteiger partial charge in [0.2, 0.25) is 0 Å². The maximum Gasteiger partial charge on any atom is 0.194 e. The van der Waals surface area contributed by atoms with E-state index >= 15 is 0 Å². The molecule has 0 aliphatic carbocycles. The van der Waals surface area contributed by atoms with Gasteiger partial charge in [0.15, 0.2) is 5.11 Å². The fourth-order valence-corrected chi connectivity index (χ4v) is 3.13. The molecule has 128 valence electrons. The van der Waals surface area contributed by atoms with Gasteiger partial charge in [0, 0.05) is 34.2 Å². The molecule has 0 bridgehead atoms. The largest absolute Gasteiger partial charge is 0.331 e. The summed E-state index contributed by atoms with van der Waals surface area (Å²) < 4.78 is 0. The summed E-state index contributed by atoms with van der Waals surface area (Å²) >= 11 is 11.6. The van der Waals surface area contributed by atoms with Gasteiger partial charge in [-0.3, -0.25) is 4.98 Å². The van der Waals surface area contributed by atoms with Crippen molar-refractivity contribution < 1.29 is 0 Å². The Labute approximate surface area is 162 Å². The number of hydrogen-bond donors (Lipinski definition) is 1. The maximum absolute atomic E-state index is 6.05. The third-order valence-corrected chi connectivity index (χ3v) is 4.62. The quantitative estimate of drug-likeness (QED) is 0.670. The highest BCUT2D eigenvalue weighted by atomic mass is 35.5. The fourth-order valence-electron chi connectivity index (χ4n) is 2.79. The molecular weight excluding hydrogens is 364 g/mol. The van der Waals surface area contributed by atoms with Crippen LogP contribution in [0.1, 0.15) is 16.7 Å². The smallest absolute Gasteiger partial charge is 0.194 e. The van der Waals surface area contributed by atoms with E-state index in [1.54, 1.807) is 11.2 Å². The van der Waals surface area contributed by atoms with Crippen LogP contribution in [-0.4, -0.2) is 20.8 Å². The number of benzene rings is 2. The van der Waals surface area contributed by atoms with Gasteiger partial charge in [-0.05, 0) is 42.0 Å². The number of nitrogens with one attached hydrogen (secondary N) is 1. The Hall–Kier alpha value is -2.76. The third-order valence-electron chi connectivity index (χ3n) is 4.05. The van der Waals surface area contributed by atoms with E-state index in [9.17, 15) is 0 Å². The molecule has 2 heterocycles. The lowest BCUT2D eigenvalue weighted by atomic mass is 10.0. The highest BCUT2D eigenvalue weighted by molar-refractivity contribution is 7.80. The molecule has 4 nitrogen and oxygen atoms in total. The van der Waals surface area contributed by atoms with Gasteiger partial charge in [0.05, 0.1) is 6.54 Å². The van der Waals surface area contributed by atoms with Crippen molar-refractivity contribution >= 4 is 40.3 Å². The second-order valence-corrected chi connectivity index (χ2v) is 6.67. The van der Waals surface area contributed by atoms with E-state index in [2.05, 4.69) is 10.3 Å². The zero-order valence-electron chi connectivity index (χ0n) is 13.8. The molecule has 2 aromatic carbocycles. The molecule has 0 atom stereocenters. The summed E-state index contributed by atoms with van der Waals surface area (Å²) in [6.07, 6.45) is 3.57. The second kappa shape index (κ2) is 7.23. The van der Waals surface area contributed by atoms with Crippen LogP contribution in [0.5, 0.6) is 0 Å². The Balaban J connectivity index is 1.80. The Kier molecular flexibility index (Phi) is 4.65. The SMILES string of the molecule is S=C1Nc2ccccc2C(c2ccc(Cl)cc2)=NN1Cc1cccnc1. The zero-order valence-corrected chi connectivity index (χ0v) is 15.3. The fraction of sp³-hybridized carbons (Fsp3) is 0.0500. The van der Waals surface area contributed by atoms with Crippen molar-refractivity contribution in [3.63, 3.8) is 0 Å². The van der Waals surface area contributed by atoms with Crippen LogP contribution in [-0.2, 0) is 6.54 Å². The predicted molar refractivity (Wildman–Crippen MR) is 110 cm³/mol. The van der Waals surface area contributed by atoms with Gasteiger partial charge in [0.25, 0.3) is 0 Å². The summed E-state index contributed by atoms with van der Waals surface area (Å²) in [5.41, 5.74) is 4.77. The van der Waals surface area contributed by atoms with Crippen molar-refractivity contribution in [2.24, 2.45) is 5.10 Å². The molecule has 6 heteroatoms. The summed E-state index contributed by atoms with van der Waals surface area (Å²) in [5, 5.41) is 11.2. The van der Waals surface area contributed by atoms with E-state index in [0.29, 0.717) is 16.7 Å². The number of halogens is 1. The summed E-state index contributed by atoms with van der Waals surface area (Å²) in [4.78, 5) is 4.17. The summed E-state index contributed by atoms with van der Waals surface area (Å²) in [6, 6.07) is 19.6. The molecule has 26 heavy (non-hydrogen) atoms. The van der Waals surface area contributed by atoms with Gasteiger partial charge in [-0.2, -0.15) is 5.10 Å². The lowest BCUT2D eigenvalue weighted by Gasteiger charge is -2.19. The minimum absolute atomic E-state index is 0.532. The van der Waals surface area contributed by atoms with Crippen LogP contribution in [0.15, 0.2) is 78.2 Å². The van der Waals surface area contributed by atoms with Crippen LogP contribution in [0, 0.1) is 0 Å². The molecule has 1 aromatic heterocycles. The van der Waals surface area contributed by atoms with Gasteiger partial charge in [0.1, 0.15) is 5.71 Å². The van der Waals surface area contributed by atoms with Gasteiger partial charge < -0.3 is 5.32 Å². The minimum Gasteiger partial charge on any atom is -0.331 e. The van der Waals surface area contributed by atoms with Crippen LogP contribution in [0.3, 0.4) is 0 Å². The Morgan fingerprint density at radius 3 is 2.58 bits per heavy atom. The van der Waals surface area contributed by atoms with E-state index in [-0.39, 0.29) is 0 Å². The summed E-state index contributed by atoms with van der Waals surface area (Å²) in [5.74, 6) is 0. The Morgan fingerprint density at radius 1 is 1.00 bits per heavy atom. The molecule has 3 aromatic rings. The summed E-state index contributed by atoms with van der Waals surface area (Å²) in [7, 11) is 0. The molecule has 0 amide bonds. The molecule has 0 fully saturated rings. The van der Waals surface area contributed by atoms with E-state index in [1.807, 2.05) is 66.9 Å². The van der Waals surface area contributed by atoms with Crippen LogP contribution in [0.25, 0.3) is 0 Å². The van der Waals surface area contributed by atoms with Crippen molar-refractivity contribution in [1.29, 1.82) is 0 Å². The standard InChI is InChI=1S/C20H15ClN4S/c21-16-9-7-15(8-10-16)19-17-5-1-2-6-18(17)23-20(26)25(24-19)13-14-4-3-11-22-12-14/h1-12H,13H2,(H,23,26). The average molecular weight is 379 g/mol. The van der Waals surface area contributed by atoms with Crippen LogP contribution in [0.2, 0.25) is 5.02 Å². The first-order valence-corrected chi connectivity index (χ1v) is 8.91. The highest BCUT2D eigenvalue weighted by Crippen LogP contribution is 2.25. The van der Waals surface area contributed by atoms with E-state index < -0.39 is 0 Å². The van der Waals surface area contributed by atoms with E-state index in [0.717, 1.165) is 28.1 Å². The van der Waals surface area contributed by atoms with E-state index in [1.165, 1.54) is 0 Å². The van der Waals surface area contributed by atoms with Gasteiger partial charge in [-0.1, -0.05) is 48.0 Å². The minimum atomic E-state index is 0.532. The number of para-hydroxylation sites is 1. The number of thiocarbonyl (C=S) groups is 1. The van der Waals surface area contributed by atoms with Crippen LogP contribution < -0.4 is 5.32 Å². The molecule has 0 radical (unpaired) electrons. The third kappa shape index (κ3) is 3.45. The van der Waals surface area contributed by atoms with Crippen molar-refractivity contribution in [3.8, 4) is 0 Å². The molecule has 1 aliphatic heterocycles. The predicted octanol–water partition coefficient (Wildman–Crippen LogP) is 4.70. The van der Waals surface area contributed by atoms with Gasteiger partial charge in [-0.15, -0.1) is 0 Å². The number of rotatable bonds is 3. The molecule has 0 saturated heterocycles. The molecule has 4 rings (SSSR count). The van der Waals surface area contributed by atoms with Crippen LogP contribution >= 0.6 is 23.8 Å². The van der Waals surface area contributed by atoms with Crippen molar-refractivity contribution in [2.45, 2.75) is 6.54 Å². The van der Waals surface area contributed by atoms with Crippen molar-refractivity contribution in [3.05, 3.63) is 94.8 Å². The van der Waals surface area contributed by atoms with Crippen molar-refractivity contribution in [1.82, 2.24) is 9.99 Å². The zero-order chi connectivity index (χ0) is 17.9. The molecule has 1 aliphatic rings. The first-order valence-electron chi connectivity index (χ1n) is 8.12. The molecule has 0 saturated carbocycles. The first kappa shape index (κ1) is 16.7. The second-order valence-electron chi connectivity index (χ2n) is 5.85. The summed E-state index contributed by atoms with van der Waals surface area (Å²) in [6.45, 7) is 0.532. The molecule has 0 unspecified atom stereocenters. The highest BCUT2D eigenvalue weighted by Gasteiger charge is 2.21. The topological polar surface area (TPSA) is 40.5 Å². The number of aromatic nitrogens is 1. The molecule has 0 spiro atoms. The Morgan fingerprint density at radius 2 is 1.81 bits per heavy atom. The lowest BCUT2D eigenvalue weighted by molar-refractivity contribution is 0.447. The monoisotopic (exact) mass is 378 g/mol. The number of anilines is 1. The number of fused-ring (bicyclic) bond motifs is 1. The maximum atomic E-state index is 6.05.